The van der Waals surface area contributed by atoms with Crippen LogP contribution in [-0.2, 0) is 24.8 Å². The molecule has 0 atom stereocenters. The minimum atomic E-state index is -1.59. The maximum Gasteiger partial charge on any atom is 0.306 e. The van der Waals surface area contributed by atoms with Crippen LogP contribution in [0.5, 0.6) is 0 Å². The van der Waals surface area contributed by atoms with E-state index in [0.29, 0.717) is 5.56 Å². The number of nitrogen functional groups attached to an aromatic ring is 1. The summed E-state index contributed by atoms with van der Waals surface area (Å²) in [6, 6.07) is 4.79. The lowest BCUT2D eigenvalue weighted by molar-refractivity contribution is -0.224. The van der Waals surface area contributed by atoms with Gasteiger partial charge in [-0.2, -0.15) is 0 Å². The first-order chi connectivity index (χ1) is 8.26. The Balaban J connectivity index is 3.29. The number of esters is 2. The molecule has 0 radical (unpaired) electrons. The van der Waals surface area contributed by atoms with Gasteiger partial charge in [-0.3, -0.25) is 9.59 Å². The topological polar surface area (TPSA) is 78.6 Å². The number of hydrogen-bond acceptors (Lipinski definition) is 5. The number of halogens is 1. The van der Waals surface area contributed by atoms with E-state index in [1.54, 1.807) is 18.2 Å². The monoisotopic (exact) mass is 271 g/mol. The largest absolute Gasteiger partial charge is 0.418 e. The lowest BCUT2D eigenvalue weighted by Crippen LogP contribution is -2.34. The number of carbonyl (C=O) groups is 2. The van der Waals surface area contributed by atoms with Gasteiger partial charge in [0.2, 0.25) is 0 Å². The number of carbonyl (C=O) groups excluding carboxylic acids is 2. The van der Waals surface area contributed by atoms with E-state index in [4.69, 9.17) is 26.8 Å². The highest BCUT2D eigenvalue weighted by molar-refractivity contribution is 6.33. The second-order valence-electron chi connectivity index (χ2n) is 3.83. The van der Waals surface area contributed by atoms with E-state index in [0.717, 1.165) is 0 Å². The van der Waals surface area contributed by atoms with E-state index in [1.807, 2.05) is 0 Å². The average Bonchev–Trinajstić information content (AvgIpc) is 2.19. The fourth-order valence-electron chi connectivity index (χ4n) is 1.61. The maximum atomic E-state index is 11.1. The molecule has 0 aliphatic carbocycles. The maximum absolute atomic E-state index is 11.1. The second kappa shape index (κ2) is 5.27. The summed E-state index contributed by atoms with van der Waals surface area (Å²) >= 11 is 5.89. The van der Waals surface area contributed by atoms with Crippen molar-refractivity contribution in [1.29, 1.82) is 0 Å². The predicted molar refractivity (Wildman–Crippen MR) is 66.7 cm³/mol. The van der Waals surface area contributed by atoms with Crippen molar-refractivity contribution in [1.82, 2.24) is 0 Å². The molecule has 98 valence electrons. The van der Waals surface area contributed by atoms with Gasteiger partial charge in [0.1, 0.15) is 0 Å². The Kier molecular flexibility index (Phi) is 4.19. The van der Waals surface area contributed by atoms with Crippen molar-refractivity contribution in [3.63, 3.8) is 0 Å². The Labute approximate surface area is 110 Å². The van der Waals surface area contributed by atoms with Crippen molar-refractivity contribution in [2.24, 2.45) is 0 Å². The molecule has 0 bridgehead atoms. The fraction of sp³-hybridized carbons (Fsp3) is 0.333. The van der Waals surface area contributed by atoms with Crippen LogP contribution in [0.4, 0.5) is 5.69 Å². The Bertz CT molecular complexity index is 471. The van der Waals surface area contributed by atoms with Crippen LogP contribution in [0, 0.1) is 0 Å². The average molecular weight is 272 g/mol. The van der Waals surface area contributed by atoms with Crippen molar-refractivity contribution >= 4 is 29.2 Å². The quantitative estimate of drug-likeness (QED) is 0.518. The van der Waals surface area contributed by atoms with Crippen LogP contribution in [0.1, 0.15) is 26.3 Å². The zero-order chi connectivity index (χ0) is 13.9. The summed E-state index contributed by atoms with van der Waals surface area (Å²) in [5.41, 5.74) is 6.32. The summed E-state index contributed by atoms with van der Waals surface area (Å²) in [6.45, 7) is 3.85. The molecule has 18 heavy (non-hydrogen) atoms. The van der Waals surface area contributed by atoms with Crippen LogP contribution in [0.15, 0.2) is 18.2 Å². The summed E-state index contributed by atoms with van der Waals surface area (Å²) in [4.78, 5) is 22.2. The lowest BCUT2D eigenvalue weighted by Gasteiger charge is -2.29. The van der Waals surface area contributed by atoms with Gasteiger partial charge in [0.15, 0.2) is 0 Å². The number of anilines is 1. The third-order valence-corrected chi connectivity index (χ3v) is 2.55. The zero-order valence-electron chi connectivity index (χ0n) is 10.3. The summed E-state index contributed by atoms with van der Waals surface area (Å²) in [6.07, 6.45) is 0. The number of ether oxygens (including phenoxy) is 2. The molecule has 0 fully saturated rings. The number of nitrogens with two attached hydrogens (primary N) is 1. The minimum Gasteiger partial charge on any atom is -0.418 e. The van der Waals surface area contributed by atoms with Gasteiger partial charge in [0.25, 0.3) is 5.79 Å². The molecule has 5 nitrogen and oxygen atoms in total. The second-order valence-corrected chi connectivity index (χ2v) is 4.24. The molecule has 6 heteroatoms. The van der Waals surface area contributed by atoms with Crippen LogP contribution in [0.3, 0.4) is 0 Å². The van der Waals surface area contributed by atoms with Crippen molar-refractivity contribution in [2.45, 2.75) is 26.6 Å². The van der Waals surface area contributed by atoms with Crippen molar-refractivity contribution < 1.29 is 19.1 Å². The molecule has 2 N–H and O–H groups in total. The summed E-state index contributed by atoms with van der Waals surface area (Å²) in [5, 5.41) is 0.290. The molecule has 1 aromatic rings. The number of benzene rings is 1. The first-order valence-corrected chi connectivity index (χ1v) is 5.57. The molecule has 0 aromatic heterocycles. The minimum absolute atomic E-state index is 0.198. The third-order valence-electron chi connectivity index (χ3n) is 2.22. The molecule has 1 aromatic carbocycles. The number of para-hydroxylation sites is 1. The molecule has 0 unspecified atom stereocenters. The van der Waals surface area contributed by atoms with Gasteiger partial charge in [0, 0.05) is 20.8 Å². The van der Waals surface area contributed by atoms with E-state index in [2.05, 4.69) is 0 Å². The van der Waals surface area contributed by atoms with Gasteiger partial charge in [-0.1, -0.05) is 17.7 Å². The van der Waals surface area contributed by atoms with Gasteiger partial charge in [-0.05, 0) is 12.1 Å². The molecular weight excluding hydrogens is 258 g/mol. The van der Waals surface area contributed by atoms with E-state index >= 15 is 0 Å². The zero-order valence-corrected chi connectivity index (χ0v) is 11.1. The Morgan fingerprint density at radius 1 is 1.22 bits per heavy atom. The Morgan fingerprint density at radius 2 is 1.72 bits per heavy atom. The molecule has 0 heterocycles. The van der Waals surface area contributed by atoms with Crippen LogP contribution in [0.2, 0.25) is 5.02 Å². The third kappa shape index (κ3) is 3.13. The Morgan fingerprint density at radius 3 is 2.17 bits per heavy atom. The number of rotatable bonds is 3. The summed E-state index contributed by atoms with van der Waals surface area (Å²) in [7, 11) is 0. The predicted octanol–water partition coefficient (Wildman–Crippen LogP) is 2.22. The fourth-order valence-corrected chi connectivity index (χ4v) is 1.79. The lowest BCUT2D eigenvalue weighted by atomic mass is 10.0. The van der Waals surface area contributed by atoms with Crippen molar-refractivity contribution in [3.05, 3.63) is 28.8 Å². The van der Waals surface area contributed by atoms with E-state index in [-0.39, 0.29) is 10.7 Å². The van der Waals surface area contributed by atoms with Gasteiger partial charge in [-0.15, -0.1) is 0 Å². The normalized spacial score (nSPS) is 10.9. The molecule has 0 aliphatic rings. The molecule has 0 saturated carbocycles. The SMILES string of the molecule is CC(=O)OC(C)(OC(C)=O)c1cccc(Cl)c1N. The van der Waals surface area contributed by atoms with E-state index in [9.17, 15) is 9.59 Å². The van der Waals surface area contributed by atoms with Gasteiger partial charge >= 0.3 is 11.9 Å². The standard InChI is InChI=1S/C12H14ClNO4/c1-7(15)17-12(3,18-8(2)16)9-5-4-6-10(13)11(9)14/h4-6H,14H2,1-3H3. The van der Waals surface area contributed by atoms with Crippen LogP contribution >= 0.6 is 11.6 Å². The Hall–Kier alpha value is -1.75. The number of hydrogen-bond donors (Lipinski definition) is 1. The highest BCUT2D eigenvalue weighted by atomic mass is 35.5. The summed E-state index contributed by atoms with van der Waals surface area (Å²) < 4.78 is 10.1. The van der Waals surface area contributed by atoms with E-state index < -0.39 is 17.7 Å². The molecule has 0 saturated heterocycles. The highest BCUT2D eigenvalue weighted by Gasteiger charge is 2.36. The molecule has 0 aliphatic heterocycles. The van der Waals surface area contributed by atoms with E-state index in [1.165, 1.54) is 20.8 Å². The highest BCUT2D eigenvalue weighted by Crippen LogP contribution is 2.35. The first-order valence-electron chi connectivity index (χ1n) is 5.20. The molecule has 0 amide bonds. The first kappa shape index (κ1) is 14.3. The molecule has 1 rings (SSSR count). The van der Waals surface area contributed by atoms with Gasteiger partial charge in [-0.25, -0.2) is 0 Å². The van der Waals surface area contributed by atoms with Crippen molar-refractivity contribution in [2.75, 3.05) is 5.73 Å². The molecular formula is C12H14ClNO4. The van der Waals surface area contributed by atoms with Crippen LogP contribution in [0.25, 0.3) is 0 Å². The van der Waals surface area contributed by atoms with Crippen LogP contribution in [-0.4, -0.2) is 11.9 Å². The smallest absolute Gasteiger partial charge is 0.306 e. The summed E-state index contributed by atoms with van der Waals surface area (Å²) in [5.74, 6) is -2.79. The van der Waals surface area contributed by atoms with Gasteiger partial charge < -0.3 is 15.2 Å². The van der Waals surface area contributed by atoms with Crippen molar-refractivity contribution in [3.8, 4) is 0 Å². The van der Waals surface area contributed by atoms with Crippen LogP contribution < -0.4 is 5.73 Å². The molecule has 0 spiro atoms. The van der Waals surface area contributed by atoms with Gasteiger partial charge in [0.05, 0.1) is 16.3 Å².